The highest BCUT2D eigenvalue weighted by Crippen LogP contribution is 2.21. The van der Waals surface area contributed by atoms with Crippen molar-refractivity contribution in [2.24, 2.45) is 0 Å². The molecule has 0 saturated carbocycles. The lowest BCUT2D eigenvalue weighted by Gasteiger charge is -2.37. The van der Waals surface area contributed by atoms with E-state index in [1.165, 1.54) is 5.56 Å². The van der Waals surface area contributed by atoms with E-state index in [2.05, 4.69) is 12.1 Å². The second-order valence-electron chi connectivity index (χ2n) is 5.95. The highest BCUT2D eigenvalue weighted by atomic mass is 35.5. The van der Waals surface area contributed by atoms with Gasteiger partial charge in [0, 0.05) is 19.5 Å². The summed E-state index contributed by atoms with van der Waals surface area (Å²) in [6, 6.07) is 17.4. The van der Waals surface area contributed by atoms with Gasteiger partial charge in [-0.3, -0.25) is 4.79 Å². The summed E-state index contributed by atoms with van der Waals surface area (Å²) >= 11 is 6.16. The van der Waals surface area contributed by atoms with Gasteiger partial charge in [-0.1, -0.05) is 54.1 Å². The molecule has 0 aromatic heterocycles. The number of rotatable bonds is 3. The molecule has 3 rings (SSSR count). The second-order valence-corrected chi connectivity index (χ2v) is 6.36. The van der Waals surface area contributed by atoms with E-state index in [0.717, 1.165) is 6.42 Å². The van der Waals surface area contributed by atoms with Crippen LogP contribution in [0, 0.1) is 0 Å². The SMILES string of the molecule is CC1CN(C(=O)c2ccccc2Cl)CC(Cc2ccccc2)O1. The van der Waals surface area contributed by atoms with Crippen molar-refractivity contribution in [2.75, 3.05) is 13.1 Å². The summed E-state index contributed by atoms with van der Waals surface area (Å²) in [5.41, 5.74) is 1.78. The fraction of sp³-hybridized carbons (Fsp3) is 0.316. The Balaban J connectivity index is 1.73. The maximum Gasteiger partial charge on any atom is 0.255 e. The molecule has 23 heavy (non-hydrogen) atoms. The predicted molar refractivity (Wildman–Crippen MR) is 91.8 cm³/mol. The van der Waals surface area contributed by atoms with Crippen LogP contribution in [0.15, 0.2) is 54.6 Å². The summed E-state index contributed by atoms with van der Waals surface area (Å²) in [7, 11) is 0. The third-order valence-electron chi connectivity index (χ3n) is 4.02. The molecule has 2 atom stereocenters. The van der Waals surface area contributed by atoms with Gasteiger partial charge in [0.2, 0.25) is 0 Å². The van der Waals surface area contributed by atoms with Crippen molar-refractivity contribution in [1.82, 2.24) is 4.90 Å². The molecule has 3 nitrogen and oxygen atoms in total. The fourth-order valence-electron chi connectivity index (χ4n) is 3.01. The summed E-state index contributed by atoms with van der Waals surface area (Å²) in [4.78, 5) is 14.6. The Morgan fingerprint density at radius 2 is 1.83 bits per heavy atom. The quantitative estimate of drug-likeness (QED) is 0.857. The number of morpholine rings is 1. The fourth-order valence-corrected chi connectivity index (χ4v) is 3.22. The molecule has 120 valence electrons. The molecule has 2 aromatic rings. The van der Waals surface area contributed by atoms with Crippen LogP contribution in [-0.4, -0.2) is 36.1 Å². The van der Waals surface area contributed by atoms with Crippen LogP contribution >= 0.6 is 11.6 Å². The lowest BCUT2D eigenvalue weighted by molar-refractivity contribution is -0.0664. The minimum atomic E-state index is -0.0242. The highest BCUT2D eigenvalue weighted by Gasteiger charge is 2.29. The van der Waals surface area contributed by atoms with Crippen molar-refractivity contribution < 1.29 is 9.53 Å². The number of amides is 1. The summed E-state index contributed by atoms with van der Waals surface area (Å²) in [6.45, 7) is 3.18. The Morgan fingerprint density at radius 3 is 2.57 bits per heavy atom. The lowest BCUT2D eigenvalue weighted by Crippen LogP contribution is -2.49. The first-order valence-electron chi connectivity index (χ1n) is 7.86. The Labute approximate surface area is 141 Å². The van der Waals surface area contributed by atoms with E-state index < -0.39 is 0 Å². The van der Waals surface area contributed by atoms with Crippen LogP contribution < -0.4 is 0 Å². The standard InChI is InChI=1S/C19H20ClNO2/c1-14-12-21(19(22)17-9-5-6-10-18(17)20)13-16(23-14)11-15-7-3-2-4-8-15/h2-10,14,16H,11-13H2,1H3. The van der Waals surface area contributed by atoms with Crippen molar-refractivity contribution >= 4 is 17.5 Å². The van der Waals surface area contributed by atoms with Crippen LogP contribution in [0.5, 0.6) is 0 Å². The number of hydrogen-bond acceptors (Lipinski definition) is 2. The minimum Gasteiger partial charge on any atom is -0.371 e. The van der Waals surface area contributed by atoms with Gasteiger partial charge >= 0.3 is 0 Å². The third-order valence-corrected chi connectivity index (χ3v) is 4.35. The number of carbonyl (C=O) groups excluding carboxylic acids is 1. The zero-order valence-corrected chi connectivity index (χ0v) is 13.9. The number of benzene rings is 2. The first-order valence-corrected chi connectivity index (χ1v) is 8.24. The summed E-state index contributed by atoms with van der Waals surface area (Å²) < 4.78 is 6.01. The van der Waals surface area contributed by atoms with Crippen LogP contribution in [-0.2, 0) is 11.2 Å². The first-order chi connectivity index (χ1) is 11.1. The maximum absolute atomic E-state index is 12.8. The minimum absolute atomic E-state index is 0.00703. The molecular weight excluding hydrogens is 310 g/mol. The second kappa shape index (κ2) is 7.16. The molecule has 1 saturated heterocycles. The first kappa shape index (κ1) is 16.0. The number of nitrogens with zero attached hydrogens (tertiary/aromatic N) is 1. The monoisotopic (exact) mass is 329 g/mol. The van der Waals surface area contributed by atoms with Crippen molar-refractivity contribution in [1.29, 1.82) is 0 Å². The molecule has 0 N–H and O–H groups in total. The van der Waals surface area contributed by atoms with Crippen molar-refractivity contribution in [3.8, 4) is 0 Å². The lowest BCUT2D eigenvalue weighted by atomic mass is 10.0. The molecule has 1 amide bonds. The van der Waals surface area contributed by atoms with E-state index >= 15 is 0 Å². The molecule has 0 spiro atoms. The normalized spacial score (nSPS) is 21.2. The van der Waals surface area contributed by atoms with Crippen molar-refractivity contribution in [3.63, 3.8) is 0 Å². The van der Waals surface area contributed by atoms with Gasteiger partial charge in [0.1, 0.15) is 0 Å². The highest BCUT2D eigenvalue weighted by molar-refractivity contribution is 6.33. The Bertz CT molecular complexity index is 674. The van der Waals surface area contributed by atoms with Gasteiger partial charge in [0.15, 0.2) is 0 Å². The smallest absolute Gasteiger partial charge is 0.255 e. The number of hydrogen-bond donors (Lipinski definition) is 0. The predicted octanol–water partition coefficient (Wildman–Crippen LogP) is 3.81. The molecule has 1 heterocycles. The number of ether oxygens (including phenoxy) is 1. The maximum atomic E-state index is 12.8. The van der Waals surface area contributed by atoms with Crippen LogP contribution in [0.3, 0.4) is 0 Å². The molecule has 0 radical (unpaired) electrons. The van der Waals surface area contributed by atoms with Gasteiger partial charge in [-0.25, -0.2) is 0 Å². The molecule has 1 aliphatic heterocycles. The van der Waals surface area contributed by atoms with Crippen molar-refractivity contribution in [3.05, 3.63) is 70.7 Å². The van der Waals surface area contributed by atoms with Gasteiger partial charge < -0.3 is 9.64 Å². The van der Waals surface area contributed by atoms with Gasteiger partial charge in [0.05, 0.1) is 22.8 Å². The third kappa shape index (κ3) is 3.92. The Hall–Kier alpha value is -1.84. The molecule has 1 aliphatic rings. The van der Waals surface area contributed by atoms with Gasteiger partial charge in [-0.05, 0) is 24.6 Å². The molecule has 1 fully saturated rings. The van der Waals surface area contributed by atoms with Gasteiger partial charge in [-0.2, -0.15) is 0 Å². The van der Waals surface area contributed by atoms with Gasteiger partial charge in [0.25, 0.3) is 5.91 Å². The van der Waals surface area contributed by atoms with Crippen LogP contribution in [0.4, 0.5) is 0 Å². The van der Waals surface area contributed by atoms with Crippen LogP contribution in [0.25, 0.3) is 0 Å². The zero-order valence-electron chi connectivity index (χ0n) is 13.1. The average Bonchev–Trinajstić information content (AvgIpc) is 2.55. The Morgan fingerprint density at radius 1 is 1.13 bits per heavy atom. The number of halogens is 1. The molecule has 0 bridgehead atoms. The molecule has 2 unspecified atom stereocenters. The zero-order chi connectivity index (χ0) is 16.2. The Kier molecular flexibility index (Phi) is 4.99. The van der Waals surface area contributed by atoms with Gasteiger partial charge in [-0.15, -0.1) is 0 Å². The van der Waals surface area contributed by atoms with Crippen molar-refractivity contribution in [2.45, 2.75) is 25.6 Å². The molecule has 2 aromatic carbocycles. The van der Waals surface area contributed by atoms with E-state index in [9.17, 15) is 4.79 Å². The van der Waals surface area contributed by atoms with E-state index in [0.29, 0.717) is 23.7 Å². The molecule has 4 heteroatoms. The summed E-state index contributed by atoms with van der Waals surface area (Å²) in [6.07, 6.45) is 0.828. The molecule has 0 aliphatic carbocycles. The van der Waals surface area contributed by atoms with Crippen LogP contribution in [0.2, 0.25) is 5.02 Å². The topological polar surface area (TPSA) is 29.5 Å². The number of carbonyl (C=O) groups is 1. The van der Waals surface area contributed by atoms with Crippen LogP contribution in [0.1, 0.15) is 22.8 Å². The van der Waals surface area contributed by atoms with E-state index in [1.807, 2.05) is 42.2 Å². The molecular formula is C19H20ClNO2. The summed E-state index contributed by atoms with van der Waals surface area (Å²) in [5.74, 6) is -0.0242. The van der Waals surface area contributed by atoms with E-state index in [-0.39, 0.29) is 18.1 Å². The van der Waals surface area contributed by atoms with E-state index in [1.54, 1.807) is 12.1 Å². The largest absolute Gasteiger partial charge is 0.371 e. The summed E-state index contributed by atoms with van der Waals surface area (Å²) in [5, 5.41) is 0.497. The van der Waals surface area contributed by atoms with E-state index in [4.69, 9.17) is 16.3 Å². The average molecular weight is 330 g/mol.